The molecule has 2 aliphatic carbocycles. The smallest absolute Gasteiger partial charge is 0.119 e. The van der Waals surface area contributed by atoms with E-state index in [0.29, 0.717) is 11.8 Å². The van der Waals surface area contributed by atoms with Crippen LogP contribution < -0.4 is 9.47 Å². The normalized spacial score (nSPS) is 24.1. The standard InChI is InChI=1S/C35H52O2/c1-5-7-9-11-27-14-18-29(19-15-27)33-23-21-31(37-4)25-35(33)34-24-30(36-3)20-22-32(34)28-16-12-26(13-17-28)10-8-6-2/h20-29H,5-19H2,1-4H3. The zero-order chi connectivity index (χ0) is 26.0. The van der Waals surface area contributed by atoms with Crippen LogP contribution in [0, 0.1) is 11.8 Å². The average molecular weight is 505 g/mol. The van der Waals surface area contributed by atoms with Crippen LogP contribution >= 0.6 is 0 Å². The largest absolute Gasteiger partial charge is 0.497 e. The number of unbranched alkanes of at least 4 members (excludes halogenated alkanes) is 3. The number of hydrogen-bond donors (Lipinski definition) is 0. The number of rotatable bonds is 12. The van der Waals surface area contributed by atoms with E-state index >= 15 is 0 Å². The summed E-state index contributed by atoms with van der Waals surface area (Å²) in [6.07, 6.45) is 20.5. The van der Waals surface area contributed by atoms with Gasteiger partial charge in [-0.25, -0.2) is 0 Å². The highest BCUT2D eigenvalue weighted by molar-refractivity contribution is 5.75. The Kier molecular flexibility index (Phi) is 10.8. The third kappa shape index (κ3) is 7.33. The fourth-order valence-electron chi connectivity index (χ4n) is 7.20. The van der Waals surface area contributed by atoms with Crippen molar-refractivity contribution >= 4 is 0 Å². The Balaban J connectivity index is 1.60. The highest BCUT2D eigenvalue weighted by Gasteiger charge is 2.28. The van der Waals surface area contributed by atoms with E-state index in [1.54, 1.807) is 14.2 Å². The second-order valence-electron chi connectivity index (χ2n) is 12.0. The maximum atomic E-state index is 5.75. The van der Waals surface area contributed by atoms with Crippen LogP contribution in [0.4, 0.5) is 0 Å². The van der Waals surface area contributed by atoms with Gasteiger partial charge in [0.2, 0.25) is 0 Å². The first-order valence-corrected chi connectivity index (χ1v) is 15.5. The summed E-state index contributed by atoms with van der Waals surface area (Å²) in [5.41, 5.74) is 5.82. The second kappa shape index (κ2) is 14.3. The van der Waals surface area contributed by atoms with E-state index in [1.807, 2.05) is 0 Å². The van der Waals surface area contributed by atoms with Crippen molar-refractivity contribution in [2.24, 2.45) is 11.8 Å². The fraction of sp³-hybridized carbons (Fsp3) is 0.657. The van der Waals surface area contributed by atoms with E-state index in [4.69, 9.17) is 9.47 Å². The molecule has 0 amide bonds. The zero-order valence-corrected chi connectivity index (χ0v) is 24.2. The van der Waals surface area contributed by atoms with Crippen molar-refractivity contribution in [1.29, 1.82) is 0 Å². The summed E-state index contributed by atoms with van der Waals surface area (Å²) >= 11 is 0. The van der Waals surface area contributed by atoms with Crippen molar-refractivity contribution in [2.45, 2.75) is 122 Å². The molecule has 0 aromatic heterocycles. The van der Waals surface area contributed by atoms with Gasteiger partial charge in [-0.2, -0.15) is 0 Å². The van der Waals surface area contributed by atoms with Crippen molar-refractivity contribution in [2.75, 3.05) is 14.2 Å². The fourth-order valence-corrected chi connectivity index (χ4v) is 7.20. The molecule has 2 nitrogen and oxygen atoms in total. The molecule has 2 saturated carbocycles. The Labute approximate surface area is 227 Å². The molecule has 0 saturated heterocycles. The molecule has 37 heavy (non-hydrogen) atoms. The summed E-state index contributed by atoms with van der Waals surface area (Å²) in [4.78, 5) is 0. The van der Waals surface area contributed by atoms with E-state index in [-0.39, 0.29) is 0 Å². The first kappa shape index (κ1) is 28.1. The quantitative estimate of drug-likeness (QED) is 0.268. The minimum atomic E-state index is 0.645. The summed E-state index contributed by atoms with van der Waals surface area (Å²) in [5.74, 6) is 5.07. The molecule has 0 radical (unpaired) electrons. The SMILES string of the molecule is CCCCCC1CCC(c2ccc(OC)cc2-c2cc(OC)ccc2C2CCC(CCCC)CC2)CC1. The lowest BCUT2D eigenvalue weighted by Gasteiger charge is -2.32. The molecule has 2 heteroatoms. The molecule has 0 spiro atoms. The van der Waals surface area contributed by atoms with Gasteiger partial charge in [0.25, 0.3) is 0 Å². The second-order valence-corrected chi connectivity index (χ2v) is 12.0. The summed E-state index contributed by atoms with van der Waals surface area (Å²) < 4.78 is 11.5. The maximum Gasteiger partial charge on any atom is 0.119 e. The minimum absolute atomic E-state index is 0.645. The van der Waals surface area contributed by atoms with Gasteiger partial charge in [-0.3, -0.25) is 0 Å². The van der Waals surface area contributed by atoms with Crippen LogP contribution in [0.15, 0.2) is 36.4 Å². The van der Waals surface area contributed by atoms with Gasteiger partial charge >= 0.3 is 0 Å². The molecule has 0 bridgehead atoms. The molecular formula is C35H52O2. The van der Waals surface area contributed by atoms with Gasteiger partial charge in [0.05, 0.1) is 14.2 Å². The minimum Gasteiger partial charge on any atom is -0.497 e. The van der Waals surface area contributed by atoms with E-state index in [9.17, 15) is 0 Å². The van der Waals surface area contributed by atoms with Crippen LogP contribution in [0.1, 0.15) is 133 Å². The first-order chi connectivity index (χ1) is 18.2. The number of benzene rings is 2. The van der Waals surface area contributed by atoms with Crippen LogP contribution in [-0.4, -0.2) is 14.2 Å². The van der Waals surface area contributed by atoms with Gasteiger partial charge in [0.15, 0.2) is 0 Å². The monoisotopic (exact) mass is 504 g/mol. The molecule has 2 aliphatic rings. The predicted octanol–water partition coefficient (Wildman–Crippen LogP) is 10.7. The van der Waals surface area contributed by atoms with Crippen molar-refractivity contribution in [1.82, 2.24) is 0 Å². The van der Waals surface area contributed by atoms with Crippen molar-refractivity contribution in [3.8, 4) is 22.6 Å². The molecule has 2 aromatic carbocycles. The molecule has 0 heterocycles. The maximum absolute atomic E-state index is 5.75. The molecule has 0 N–H and O–H groups in total. The molecule has 0 atom stereocenters. The Morgan fingerprint density at radius 1 is 0.568 bits per heavy atom. The van der Waals surface area contributed by atoms with Gasteiger partial charge < -0.3 is 9.47 Å². The molecule has 0 aliphatic heterocycles. The van der Waals surface area contributed by atoms with Crippen molar-refractivity contribution < 1.29 is 9.47 Å². The predicted molar refractivity (Wildman–Crippen MR) is 158 cm³/mol. The van der Waals surface area contributed by atoms with Crippen LogP contribution in [0.25, 0.3) is 11.1 Å². The number of ether oxygens (including phenoxy) is 2. The van der Waals surface area contributed by atoms with Gasteiger partial charge in [0.1, 0.15) is 11.5 Å². The highest BCUT2D eigenvalue weighted by Crippen LogP contribution is 2.47. The summed E-state index contributed by atoms with van der Waals surface area (Å²) in [6, 6.07) is 13.7. The Hall–Kier alpha value is -1.96. The van der Waals surface area contributed by atoms with Gasteiger partial charge in [0, 0.05) is 0 Å². The Morgan fingerprint density at radius 2 is 1.00 bits per heavy atom. The lowest BCUT2D eigenvalue weighted by Crippen LogP contribution is -2.15. The van der Waals surface area contributed by atoms with Crippen LogP contribution in [0.3, 0.4) is 0 Å². The van der Waals surface area contributed by atoms with Crippen LogP contribution in [0.2, 0.25) is 0 Å². The van der Waals surface area contributed by atoms with Crippen molar-refractivity contribution in [3.05, 3.63) is 47.5 Å². The molecule has 2 aromatic rings. The van der Waals surface area contributed by atoms with Gasteiger partial charge in [-0.1, -0.05) is 70.9 Å². The van der Waals surface area contributed by atoms with Crippen LogP contribution in [0.5, 0.6) is 11.5 Å². The Bertz CT molecular complexity index is 948. The average Bonchev–Trinajstić information content (AvgIpc) is 2.96. The summed E-state index contributed by atoms with van der Waals surface area (Å²) in [7, 11) is 3.59. The van der Waals surface area contributed by atoms with Crippen molar-refractivity contribution in [3.63, 3.8) is 0 Å². The highest BCUT2D eigenvalue weighted by atomic mass is 16.5. The van der Waals surface area contributed by atoms with Gasteiger partial charge in [-0.05, 0) is 122 Å². The number of hydrogen-bond acceptors (Lipinski definition) is 2. The number of methoxy groups -OCH3 is 2. The van der Waals surface area contributed by atoms with E-state index < -0.39 is 0 Å². The molecular weight excluding hydrogens is 452 g/mol. The summed E-state index contributed by atoms with van der Waals surface area (Å²) in [6.45, 7) is 4.63. The molecule has 2 fully saturated rings. The third-order valence-electron chi connectivity index (χ3n) is 9.57. The van der Waals surface area contributed by atoms with E-state index in [1.165, 1.54) is 119 Å². The molecule has 4 rings (SSSR count). The third-order valence-corrected chi connectivity index (χ3v) is 9.57. The molecule has 0 unspecified atom stereocenters. The van der Waals surface area contributed by atoms with Gasteiger partial charge in [-0.15, -0.1) is 0 Å². The topological polar surface area (TPSA) is 18.5 Å². The molecule has 204 valence electrons. The zero-order valence-electron chi connectivity index (χ0n) is 24.2. The first-order valence-electron chi connectivity index (χ1n) is 15.5. The van der Waals surface area contributed by atoms with E-state index in [0.717, 1.165) is 23.3 Å². The van der Waals surface area contributed by atoms with Crippen LogP contribution in [-0.2, 0) is 0 Å². The summed E-state index contributed by atoms with van der Waals surface area (Å²) in [5, 5.41) is 0. The Morgan fingerprint density at radius 3 is 1.41 bits per heavy atom. The lowest BCUT2D eigenvalue weighted by atomic mass is 9.73. The lowest BCUT2D eigenvalue weighted by molar-refractivity contribution is 0.302. The van der Waals surface area contributed by atoms with E-state index in [2.05, 4.69) is 50.2 Å².